The van der Waals surface area contributed by atoms with E-state index in [1.54, 1.807) is 6.92 Å². The standard InChI is InChI=1S/C18H25N/c1-12(13(2)15(4)19)14(3)16-8-10-17(11-9-16)18(5,6)7/h8-11,19H,2H2,1,3-7H3/b14-12+,19-15?. The Morgan fingerprint density at radius 1 is 1.00 bits per heavy atom. The van der Waals surface area contributed by atoms with E-state index in [1.165, 1.54) is 16.7 Å². The van der Waals surface area contributed by atoms with Gasteiger partial charge in [-0.1, -0.05) is 51.6 Å². The van der Waals surface area contributed by atoms with Crippen LogP contribution >= 0.6 is 0 Å². The van der Waals surface area contributed by atoms with E-state index in [4.69, 9.17) is 5.41 Å². The van der Waals surface area contributed by atoms with Crippen LogP contribution in [0.3, 0.4) is 0 Å². The maximum atomic E-state index is 7.67. The third kappa shape index (κ3) is 3.66. The maximum absolute atomic E-state index is 7.67. The van der Waals surface area contributed by atoms with E-state index >= 15 is 0 Å². The van der Waals surface area contributed by atoms with Gasteiger partial charge >= 0.3 is 0 Å². The van der Waals surface area contributed by atoms with E-state index < -0.39 is 0 Å². The molecule has 0 heterocycles. The second kappa shape index (κ2) is 5.56. The molecule has 0 fully saturated rings. The molecular formula is C18H25N. The Balaban J connectivity index is 3.14. The molecule has 0 aliphatic rings. The smallest absolute Gasteiger partial charge is 0.0352 e. The highest BCUT2D eigenvalue weighted by molar-refractivity contribution is 6.01. The van der Waals surface area contributed by atoms with Gasteiger partial charge in [0.2, 0.25) is 0 Å². The van der Waals surface area contributed by atoms with Crippen molar-refractivity contribution in [2.75, 3.05) is 0 Å². The molecule has 0 aromatic heterocycles. The van der Waals surface area contributed by atoms with Crippen LogP contribution in [0.5, 0.6) is 0 Å². The summed E-state index contributed by atoms with van der Waals surface area (Å²) in [6.07, 6.45) is 0. The molecule has 0 radical (unpaired) electrons. The van der Waals surface area contributed by atoms with Crippen molar-refractivity contribution in [2.24, 2.45) is 0 Å². The zero-order valence-corrected chi connectivity index (χ0v) is 13.0. The van der Waals surface area contributed by atoms with Crippen molar-refractivity contribution in [3.63, 3.8) is 0 Å². The Morgan fingerprint density at radius 3 is 1.84 bits per heavy atom. The summed E-state index contributed by atoms with van der Waals surface area (Å²) in [4.78, 5) is 0. The molecule has 0 saturated heterocycles. The predicted molar refractivity (Wildman–Crippen MR) is 86.0 cm³/mol. The molecule has 0 unspecified atom stereocenters. The van der Waals surface area contributed by atoms with E-state index in [9.17, 15) is 0 Å². The molecule has 1 aromatic rings. The summed E-state index contributed by atoms with van der Waals surface area (Å²) < 4.78 is 0. The van der Waals surface area contributed by atoms with Gasteiger partial charge in [-0.05, 0) is 54.0 Å². The van der Waals surface area contributed by atoms with Gasteiger partial charge in [0.05, 0.1) is 0 Å². The van der Waals surface area contributed by atoms with Gasteiger partial charge in [0.25, 0.3) is 0 Å². The zero-order chi connectivity index (χ0) is 14.8. The second-order valence-corrected chi connectivity index (χ2v) is 6.18. The van der Waals surface area contributed by atoms with E-state index in [1.807, 2.05) is 6.92 Å². The van der Waals surface area contributed by atoms with Crippen molar-refractivity contribution in [1.82, 2.24) is 0 Å². The average molecular weight is 255 g/mol. The van der Waals surface area contributed by atoms with Gasteiger partial charge < -0.3 is 5.41 Å². The predicted octanol–water partition coefficient (Wildman–Crippen LogP) is 5.37. The number of allylic oxidation sites excluding steroid dienone is 3. The summed E-state index contributed by atoms with van der Waals surface area (Å²) >= 11 is 0. The van der Waals surface area contributed by atoms with Gasteiger partial charge in [-0.2, -0.15) is 0 Å². The van der Waals surface area contributed by atoms with Crippen LogP contribution in [0.2, 0.25) is 0 Å². The number of hydrogen-bond donors (Lipinski definition) is 1. The lowest BCUT2D eigenvalue weighted by atomic mass is 9.86. The highest BCUT2D eigenvalue weighted by atomic mass is 14.4. The normalized spacial score (nSPS) is 12.9. The first-order valence-electron chi connectivity index (χ1n) is 6.67. The fraction of sp³-hybridized carbons (Fsp3) is 0.389. The molecule has 0 aliphatic carbocycles. The maximum Gasteiger partial charge on any atom is 0.0352 e. The third-order valence-electron chi connectivity index (χ3n) is 3.65. The van der Waals surface area contributed by atoms with Crippen LogP contribution < -0.4 is 0 Å². The van der Waals surface area contributed by atoms with Gasteiger partial charge in [0, 0.05) is 5.71 Å². The minimum absolute atomic E-state index is 0.181. The topological polar surface area (TPSA) is 23.9 Å². The Labute approximate surface area is 117 Å². The summed E-state index contributed by atoms with van der Waals surface area (Å²) in [6.45, 7) is 16.5. The molecule has 1 aromatic carbocycles. The molecule has 0 aliphatic heterocycles. The van der Waals surface area contributed by atoms with Gasteiger partial charge in [0.15, 0.2) is 0 Å². The molecular weight excluding hydrogens is 230 g/mol. The molecule has 1 rings (SSSR count). The van der Waals surface area contributed by atoms with Crippen LogP contribution in [0.4, 0.5) is 0 Å². The highest BCUT2D eigenvalue weighted by Gasteiger charge is 2.13. The average Bonchev–Trinajstić information content (AvgIpc) is 2.35. The lowest BCUT2D eigenvalue weighted by Gasteiger charge is -2.19. The molecule has 0 bridgehead atoms. The van der Waals surface area contributed by atoms with Crippen LogP contribution in [0.15, 0.2) is 42.0 Å². The van der Waals surface area contributed by atoms with Crippen molar-refractivity contribution >= 4 is 11.3 Å². The Bertz CT molecular complexity index is 522. The summed E-state index contributed by atoms with van der Waals surface area (Å²) in [7, 11) is 0. The second-order valence-electron chi connectivity index (χ2n) is 6.18. The summed E-state index contributed by atoms with van der Waals surface area (Å²) in [6, 6.07) is 8.69. The molecule has 1 heteroatoms. The molecule has 0 saturated carbocycles. The number of benzene rings is 1. The van der Waals surface area contributed by atoms with Crippen molar-refractivity contribution in [3.05, 3.63) is 53.1 Å². The zero-order valence-electron chi connectivity index (χ0n) is 13.0. The fourth-order valence-corrected chi connectivity index (χ4v) is 1.94. The van der Waals surface area contributed by atoms with E-state index in [-0.39, 0.29) is 5.41 Å². The van der Waals surface area contributed by atoms with Crippen LogP contribution in [0.25, 0.3) is 5.57 Å². The molecule has 19 heavy (non-hydrogen) atoms. The molecule has 0 atom stereocenters. The van der Waals surface area contributed by atoms with Crippen molar-refractivity contribution in [3.8, 4) is 0 Å². The lowest BCUT2D eigenvalue weighted by molar-refractivity contribution is 0.590. The van der Waals surface area contributed by atoms with Crippen molar-refractivity contribution < 1.29 is 0 Å². The number of rotatable bonds is 3. The Morgan fingerprint density at radius 2 is 1.47 bits per heavy atom. The number of nitrogens with one attached hydrogen (secondary N) is 1. The van der Waals surface area contributed by atoms with Crippen molar-refractivity contribution in [1.29, 1.82) is 5.41 Å². The molecule has 0 amide bonds. The lowest BCUT2D eigenvalue weighted by Crippen LogP contribution is -2.10. The van der Waals surface area contributed by atoms with Gasteiger partial charge in [-0.3, -0.25) is 0 Å². The van der Waals surface area contributed by atoms with E-state index in [0.29, 0.717) is 5.71 Å². The largest absolute Gasteiger partial charge is 0.305 e. The quantitative estimate of drug-likeness (QED) is 0.554. The third-order valence-corrected chi connectivity index (χ3v) is 3.65. The molecule has 1 N–H and O–H groups in total. The minimum Gasteiger partial charge on any atom is -0.305 e. The SMILES string of the molecule is C=C(C(C)=N)/C(C)=C(\C)c1ccc(C(C)(C)C)cc1. The summed E-state index contributed by atoms with van der Waals surface area (Å²) in [5.74, 6) is 0. The van der Waals surface area contributed by atoms with E-state index in [2.05, 4.69) is 58.5 Å². The first-order chi connectivity index (χ1) is 8.64. The van der Waals surface area contributed by atoms with Crippen LogP contribution in [-0.4, -0.2) is 5.71 Å². The summed E-state index contributed by atoms with van der Waals surface area (Å²) in [5, 5.41) is 7.67. The molecule has 102 valence electrons. The molecule has 0 spiro atoms. The Hall–Kier alpha value is -1.63. The monoisotopic (exact) mass is 255 g/mol. The van der Waals surface area contributed by atoms with Crippen LogP contribution in [0.1, 0.15) is 52.7 Å². The first-order valence-corrected chi connectivity index (χ1v) is 6.67. The summed E-state index contributed by atoms with van der Waals surface area (Å²) in [5.41, 5.74) is 6.35. The fourth-order valence-electron chi connectivity index (χ4n) is 1.94. The van der Waals surface area contributed by atoms with E-state index in [0.717, 1.165) is 11.1 Å². The van der Waals surface area contributed by atoms with Gasteiger partial charge in [-0.25, -0.2) is 0 Å². The highest BCUT2D eigenvalue weighted by Crippen LogP contribution is 2.27. The van der Waals surface area contributed by atoms with Crippen LogP contribution in [-0.2, 0) is 5.41 Å². The minimum atomic E-state index is 0.181. The van der Waals surface area contributed by atoms with Crippen molar-refractivity contribution in [2.45, 2.75) is 47.0 Å². The first kappa shape index (κ1) is 15.4. The molecule has 1 nitrogen and oxygen atoms in total. The van der Waals surface area contributed by atoms with Gasteiger partial charge in [-0.15, -0.1) is 0 Å². The van der Waals surface area contributed by atoms with Crippen LogP contribution in [0, 0.1) is 5.41 Å². The van der Waals surface area contributed by atoms with Gasteiger partial charge in [0.1, 0.15) is 0 Å². The number of hydrogen-bond acceptors (Lipinski definition) is 1. The Kier molecular flexibility index (Phi) is 4.52.